The van der Waals surface area contributed by atoms with E-state index in [0.29, 0.717) is 12.0 Å². The second kappa shape index (κ2) is 15.5. The second-order valence-corrected chi connectivity index (χ2v) is 8.07. The summed E-state index contributed by atoms with van der Waals surface area (Å²) < 4.78 is 11.1. The van der Waals surface area contributed by atoms with Gasteiger partial charge < -0.3 is 9.47 Å². The lowest BCUT2D eigenvalue weighted by atomic mass is 10.0. The molecule has 0 aliphatic heterocycles. The summed E-state index contributed by atoms with van der Waals surface area (Å²) in [5.41, 5.74) is 2.87. The Hall–Kier alpha value is -3.32. The number of hydrogen-bond donors (Lipinski definition) is 0. The average molecular weight is 446 g/mol. The summed E-state index contributed by atoms with van der Waals surface area (Å²) in [5.74, 6) is 0.710. The van der Waals surface area contributed by atoms with E-state index in [1.165, 1.54) is 25.7 Å². The van der Waals surface area contributed by atoms with Crippen LogP contribution in [0, 0.1) is 11.3 Å². The van der Waals surface area contributed by atoms with Crippen LogP contribution in [0.3, 0.4) is 0 Å². The molecule has 2 aromatic carbocycles. The molecule has 4 heteroatoms. The first kappa shape index (κ1) is 25.9. The van der Waals surface area contributed by atoms with Gasteiger partial charge in [0.1, 0.15) is 11.9 Å². The molecular formula is C29H35NO3. The highest BCUT2D eigenvalue weighted by Crippen LogP contribution is 2.23. The van der Waals surface area contributed by atoms with Gasteiger partial charge in [-0.3, -0.25) is 4.79 Å². The van der Waals surface area contributed by atoms with Gasteiger partial charge in [0.15, 0.2) is 0 Å². The van der Waals surface area contributed by atoms with Crippen molar-refractivity contribution in [2.75, 3.05) is 6.61 Å². The van der Waals surface area contributed by atoms with Gasteiger partial charge in [-0.2, -0.15) is 5.26 Å². The van der Waals surface area contributed by atoms with Gasteiger partial charge in [0, 0.05) is 6.42 Å². The van der Waals surface area contributed by atoms with E-state index < -0.39 is 0 Å². The van der Waals surface area contributed by atoms with Gasteiger partial charge in [-0.15, -0.1) is 0 Å². The van der Waals surface area contributed by atoms with E-state index in [1.807, 2.05) is 48.5 Å². The monoisotopic (exact) mass is 445 g/mol. The molecule has 0 unspecified atom stereocenters. The maximum absolute atomic E-state index is 11.7. The van der Waals surface area contributed by atoms with E-state index in [-0.39, 0.29) is 12.1 Å². The van der Waals surface area contributed by atoms with Crippen LogP contribution in [0.5, 0.6) is 5.75 Å². The molecule has 0 aromatic heterocycles. The lowest BCUT2D eigenvalue weighted by molar-refractivity contribution is -0.145. The standard InChI is InChI=1S/C29H35NO3/c1-3-27(4-2)33-29(31)13-11-9-7-5-6-8-10-12-22-32-28-20-18-26(19-21-28)25-16-14-24(23-30)15-17-25/h3-4,14-21,27H,1-2,5-13,22H2. The Balaban J connectivity index is 1.47. The molecule has 2 rings (SSSR count). The van der Waals surface area contributed by atoms with Gasteiger partial charge in [-0.1, -0.05) is 75.9 Å². The van der Waals surface area contributed by atoms with Gasteiger partial charge in [-0.25, -0.2) is 0 Å². The summed E-state index contributed by atoms with van der Waals surface area (Å²) in [5, 5.41) is 8.90. The predicted octanol–water partition coefficient (Wildman–Crippen LogP) is 7.40. The van der Waals surface area contributed by atoms with Crippen LogP contribution in [0.2, 0.25) is 0 Å². The number of carbonyl (C=O) groups is 1. The molecule has 0 aliphatic carbocycles. The van der Waals surface area contributed by atoms with Gasteiger partial charge in [0.05, 0.1) is 18.2 Å². The van der Waals surface area contributed by atoms with E-state index in [4.69, 9.17) is 14.7 Å². The van der Waals surface area contributed by atoms with Crippen molar-refractivity contribution < 1.29 is 14.3 Å². The zero-order chi connectivity index (χ0) is 23.7. The minimum atomic E-state index is -0.380. The molecular weight excluding hydrogens is 410 g/mol. The van der Waals surface area contributed by atoms with Crippen LogP contribution in [0.4, 0.5) is 0 Å². The first-order chi connectivity index (χ1) is 16.2. The van der Waals surface area contributed by atoms with Crippen molar-refractivity contribution in [3.63, 3.8) is 0 Å². The molecule has 0 saturated carbocycles. The average Bonchev–Trinajstić information content (AvgIpc) is 2.86. The number of rotatable bonds is 16. The molecule has 0 heterocycles. The zero-order valence-electron chi connectivity index (χ0n) is 19.5. The van der Waals surface area contributed by atoms with Gasteiger partial charge in [0.2, 0.25) is 0 Å². The summed E-state index contributed by atoms with van der Waals surface area (Å²) in [6, 6.07) is 17.8. The van der Waals surface area contributed by atoms with E-state index >= 15 is 0 Å². The second-order valence-electron chi connectivity index (χ2n) is 8.07. The van der Waals surface area contributed by atoms with Crippen molar-refractivity contribution >= 4 is 5.97 Å². The smallest absolute Gasteiger partial charge is 0.306 e. The third-order valence-electron chi connectivity index (χ3n) is 5.48. The quantitative estimate of drug-likeness (QED) is 0.153. The largest absolute Gasteiger partial charge is 0.494 e. The molecule has 4 nitrogen and oxygen atoms in total. The van der Waals surface area contributed by atoms with E-state index in [9.17, 15) is 4.79 Å². The molecule has 0 spiro atoms. The summed E-state index contributed by atoms with van der Waals surface area (Å²) in [7, 11) is 0. The number of ether oxygens (including phenoxy) is 2. The normalized spacial score (nSPS) is 10.4. The molecule has 33 heavy (non-hydrogen) atoms. The molecule has 0 radical (unpaired) electrons. The molecule has 0 fully saturated rings. The number of esters is 1. The summed E-state index contributed by atoms with van der Waals surface area (Å²) in [4.78, 5) is 11.7. The SMILES string of the molecule is C=CC(C=C)OC(=O)CCCCCCCCCCOc1ccc(-c2ccc(C#N)cc2)cc1. The fourth-order valence-electron chi connectivity index (χ4n) is 3.51. The maximum atomic E-state index is 11.7. The lowest BCUT2D eigenvalue weighted by Crippen LogP contribution is -2.12. The van der Waals surface area contributed by atoms with Crippen LogP contribution in [0.25, 0.3) is 11.1 Å². The van der Waals surface area contributed by atoms with E-state index in [1.54, 1.807) is 12.2 Å². The molecule has 0 atom stereocenters. The number of benzene rings is 2. The van der Waals surface area contributed by atoms with Crippen molar-refractivity contribution in [2.24, 2.45) is 0 Å². The topological polar surface area (TPSA) is 59.3 Å². The minimum absolute atomic E-state index is 0.177. The first-order valence-electron chi connectivity index (χ1n) is 11.8. The highest BCUT2D eigenvalue weighted by molar-refractivity contribution is 5.69. The fraction of sp³-hybridized carbons (Fsp3) is 0.379. The van der Waals surface area contributed by atoms with Gasteiger partial charge >= 0.3 is 5.97 Å². The number of nitrogens with zero attached hydrogens (tertiary/aromatic N) is 1. The Labute approximate surface area is 198 Å². The van der Waals surface area contributed by atoms with E-state index in [2.05, 4.69) is 19.2 Å². The zero-order valence-corrected chi connectivity index (χ0v) is 19.5. The van der Waals surface area contributed by atoms with Crippen LogP contribution in [-0.2, 0) is 9.53 Å². The number of unbranched alkanes of at least 4 members (excludes halogenated alkanes) is 7. The van der Waals surface area contributed by atoms with Gasteiger partial charge in [-0.05, 0) is 60.4 Å². The maximum Gasteiger partial charge on any atom is 0.306 e. The van der Waals surface area contributed by atoms with Crippen molar-refractivity contribution in [3.05, 3.63) is 79.4 Å². The summed E-state index contributed by atoms with van der Waals surface area (Å²) in [6.45, 7) is 7.95. The Bertz CT molecular complexity index is 886. The number of nitriles is 1. The number of hydrogen-bond acceptors (Lipinski definition) is 4. The third-order valence-corrected chi connectivity index (χ3v) is 5.48. The molecule has 0 aliphatic rings. The lowest BCUT2D eigenvalue weighted by Gasteiger charge is -2.09. The highest BCUT2D eigenvalue weighted by atomic mass is 16.5. The van der Waals surface area contributed by atoms with Crippen LogP contribution < -0.4 is 4.74 Å². The molecule has 0 bridgehead atoms. The Kier molecular flexibility index (Phi) is 12.2. The first-order valence-corrected chi connectivity index (χ1v) is 11.8. The van der Waals surface area contributed by atoms with Crippen LogP contribution in [-0.4, -0.2) is 18.7 Å². The Morgan fingerprint density at radius 2 is 1.33 bits per heavy atom. The van der Waals surface area contributed by atoms with Crippen LogP contribution >= 0.6 is 0 Å². The highest BCUT2D eigenvalue weighted by Gasteiger charge is 2.07. The van der Waals surface area contributed by atoms with Crippen molar-refractivity contribution in [2.45, 2.75) is 63.9 Å². The third kappa shape index (κ3) is 10.2. The van der Waals surface area contributed by atoms with Crippen molar-refractivity contribution in [1.82, 2.24) is 0 Å². The molecule has 174 valence electrons. The summed E-state index contributed by atoms with van der Waals surface area (Å²) >= 11 is 0. The summed E-state index contributed by atoms with van der Waals surface area (Å²) in [6.07, 6.45) is 12.2. The Morgan fingerprint density at radius 1 is 0.818 bits per heavy atom. The number of carbonyl (C=O) groups excluding carboxylic acids is 1. The van der Waals surface area contributed by atoms with Crippen molar-refractivity contribution in [1.29, 1.82) is 5.26 Å². The molecule has 0 saturated heterocycles. The molecule has 0 N–H and O–H groups in total. The predicted molar refractivity (Wildman–Crippen MR) is 134 cm³/mol. The van der Waals surface area contributed by atoms with Crippen LogP contribution in [0.15, 0.2) is 73.8 Å². The fourth-order valence-corrected chi connectivity index (χ4v) is 3.51. The minimum Gasteiger partial charge on any atom is -0.494 e. The van der Waals surface area contributed by atoms with Crippen molar-refractivity contribution in [3.8, 4) is 22.9 Å². The van der Waals surface area contributed by atoms with Crippen LogP contribution in [0.1, 0.15) is 63.4 Å². The molecule has 2 aromatic rings. The molecule has 0 amide bonds. The van der Waals surface area contributed by atoms with Gasteiger partial charge in [0.25, 0.3) is 0 Å². The Morgan fingerprint density at radius 3 is 1.88 bits per heavy atom. The van der Waals surface area contributed by atoms with E-state index in [0.717, 1.165) is 49.2 Å².